The molecule has 2 amide bonds. The van der Waals surface area contributed by atoms with Gasteiger partial charge in [-0.25, -0.2) is 4.39 Å². The highest BCUT2D eigenvalue weighted by atomic mass is 32.1. The number of hydrogen-bond donors (Lipinski definition) is 1. The highest BCUT2D eigenvalue weighted by Gasteiger charge is 2.28. The quantitative estimate of drug-likeness (QED) is 0.888. The summed E-state index contributed by atoms with van der Waals surface area (Å²) in [4.78, 5) is 26.6. The molecule has 0 bridgehead atoms. The molecular formula is C18H21FN4O2S. The Hall–Kier alpha value is -2.35. The summed E-state index contributed by atoms with van der Waals surface area (Å²) in [6.07, 6.45) is 1.18. The predicted octanol–water partition coefficient (Wildman–Crippen LogP) is 3.29. The summed E-state index contributed by atoms with van der Waals surface area (Å²) in [5.74, 6) is -0.452. The van der Waals surface area contributed by atoms with Gasteiger partial charge in [0, 0.05) is 30.5 Å². The molecule has 1 aromatic carbocycles. The van der Waals surface area contributed by atoms with Crippen molar-refractivity contribution in [3.63, 3.8) is 0 Å². The summed E-state index contributed by atoms with van der Waals surface area (Å²) in [7, 11) is 0. The standard InChI is InChI=1S/C18H21FN4O2S/c1-11(2)16-21-22-18(26-16)20-15(24)12-7-9-23(10-8-12)17(25)13-3-5-14(19)6-4-13/h3-6,11-12H,7-10H2,1-2H3,(H,20,22,24). The molecule has 138 valence electrons. The van der Waals surface area contributed by atoms with Crippen LogP contribution in [0.5, 0.6) is 0 Å². The minimum atomic E-state index is -0.366. The van der Waals surface area contributed by atoms with Crippen LogP contribution in [0.25, 0.3) is 0 Å². The molecule has 3 rings (SSSR count). The molecule has 1 aliphatic heterocycles. The van der Waals surface area contributed by atoms with Crippen LogP contribution in [-0.2, 0) is 4.79 Å². The molecule has 0 radical (unpaired) electrons. The Labute approximate surface area is 155 Å². The van der Waals surface area contributed by atoms with Crippen LogP contribution in [0.2, 0.25) is 0 Å². The molecule has 1 aromatic heterocycles. The smallest absolute Gasteiger partial charge is 0.253 e. The molecule has 8 heteroatoms. The van der Waals surface area contributed by atoms with Crippen molar-refractivity contribution >= 4 is 28.3 Å². The van der Waals surface area contributed by atoms with Crippen molar-refractivity contribution in [2.45, 2.75) is 32.6 Å². The van der Waals surface area contributed by atoms with Gasteiger partial charge in [0.25, 0.3) is 5.91 Å². The van der Waals surface area contributed by atoms with Crippen LogP contribution in [-0.4, -0.2) is 40.0 Å². The summed E-state index contributed by atoms with van der Waals surface area (Å²) < 4.78 is 13.0. The molecule has 1 saturated heterocycles. The van der Waals surface area contributed by atoms with Gasteiger partial charge in [0.05, 0.1) is 0 Å². The van der Waals surface area contributed by atoms with E-state index in [9.17, 15) is 14.0 Å². The van der Waals surface area contributed by atoms with Gasteiger partial charge in [-0.2, -0.15) is 0 Å². The van der Waals surface area contributed by atoms with Gasteiger partial charge in [0.15, 0.2) is 0 Å². The van der Waals surface area contributed by atoms with E-state index in [-0.39, 0.29) is 29.5 Å². The van der Waals surface area contributed by atoms with E-state index in [1.165, 1.54) is 35.6 Å². The molecule has 0 unspecified atom stereocenters. The molecule has 6 nitrogen and oxygen atoms in total. The number of benzene rings is 1. The Kier molecular flexibility index (Phi) is 5.61. The van der Waals surface area contributed by atoms with E-state index in [4.69, 9.17) is 0 Å². The lowest BCUT2D eigenvalue weighted by molar-refractivity contribution is -0.121. The molecule has 0 atom stereocenters. The van der Waals surface area contributed by atoms with E-state index < -0.39 is 0 Å². The summed E-state index contributed by atoms with van der Waals surface area (Å²) in [5.41, 5.74) is 0.462. The van der Waals surface area contributed by atoms with Gasteiger partial charge in [0.1, 0.15) is 10.8 Å². The molecular weight excluding hydrogens is 355 g/mol. The molecule has 2 heterocycles. The monoisotopic (exact) mass is 376 g/mol. The number of amides is 2. The Morgan fingerprint density at radius 2 is 1.85 bits per heavy atom. The number of hydrogen-bond acceptors (Lipinski definition) is 5. The lowest BCUT2D eigenvalue weighted by Crippen LogP contribution is -2.41. The molecule has 1 fully saturated rings. The summed E-state index contributed by atoms with van der Waals surface area (Å²) in [6, 6.07) is 5.53. The highest BCUT2D eigenvalue weighted by Crippen LogP contribution is 2.25. The van der Waals surface area contributed by atoms with Crippen molar-refractivity contribution in [3.8, 4) is 0 Å². The van der Waals surface area contributed by atoms with Crippen LogP contribution >= 0.6 is 11.3 Å². The van der Waals surface area contributed by atoms with Gasteiger partial charge in [-0.05, 0) is 37.1 Å². The second-order valence-corrected chi connectivity index (χ2v) is 7.67. The molecule has 1 aliphatic rings. The predicted molar refractivity (Wildman–Crippen MR) is 97.7 cm³/mol. The number of likely N-dealkylation sites (tertiary alicyclic amines) is 1. The van der Waals surface area contributed by atoms with Gasteiger partial charge in [-0.1, -0.05) is 25.2 Å². The fourth-order valence-electron chi connectivity index (χ4n) is 2.85. The van der Waals surface area contributed by atoms with E-state index in [0.717, 1.165) is 5.01 Å². The molecule has 0 saturated carbocycles. The summed E-state index contributed by atoms with van der Waals surface area (Å²) >= 11 is 1.39. The van der Waals surface area contributed by atoms with E-state index >= 15 is 0 Å². The van der Waals surface area contributed by atoms with Gasteiger partial charge < -0.3 is 10.2 Å². The lowest BCUT2D eigenvalue weighted by Gasteiger charge is -2.31. The van der Waals surface area contributed by atoms with Crippen molar-refractivity contribution in [2.24, 2.45) is 5.92 Å². The molecule has 0 aliphatic carbocycles. The Bertz CT molecular complexity index is 783. The van der Waals surface area contributed by atoms with E-state index in [0.29, 0.717) is 36.6 Å². The molecule has 2 aromatic rings. The zero-order valence-corrected chi connectivity index (χ0v) is 15.6. The van der Waals surface area contributed by atoms with Crippen LogP contribution < -0.4 is 5.32 Å². The number of aromatic nitrogens is 2. The highest BCUT2D eigenvalue weighted by molar-refractivity contribution is 7.15. The van der Waals surface area contributed by atoms with Crippen molar-refractivity contribution in [2.75, 3.05) is 18.4 Å². The second-order valence-electron chi connectivity index (χ2n) is 6.66. The minimum absolute atomic E-state index is 0.0784. The number of halogens is 1. The third-order valence-corrected chi connectivity index (χ3v) is 5.55. The van der Waals surface area contributed by atoms with Crippen LogP contribution in [0, 0.1) is 11.7 Å². The fraction of sp³-hybridized carbons (Fsp3) is 0.444. The SMILES string of the molecule is CC(C)c1nnc(NC(=O)C2CCN(C(=O)c3ccc(F)cc3)CC2)s1. The van der Waals surface area contributed by atoms with Crippen LogP contribution in [0.1, 0.15) is 48.0 Å². The number of carbonyl (C=O) groups is 2. The zero-order chi connectivity index (χ0) is 18.7. The van der Waals surface area contributed by atoms with Crippen LogP contribution in [0.4, 0.5) is 9.52 Å². The summed E-state index contributed by atoms with van der Waals surface area (Å²) in [5, 5.41) is 12.3. The maximum Gasteiger partial charge on any atom is 0.253 e. The normalized spacial score (nSPS) is 15.3. The number of carbonyl (C=O) groups excluding carboxylic acids is 2. The number of anilines is 1. The van der Waals surface area contributed by atoms with E-state index in [1.54, 1.807) is 4.90 Å². The van der Waals surface area contributed by atoms with Crippen LogP contribution in [0.15, 0.2) is 24.3 Å². The average Bonchev–Trinajstić information content (AvgIpc) is 3.11. The second kappa shape index (κ2) is 7.90. The van der Waals surface area contributed by atoms with Crippen molar-refractivity contribution in [1.82, 2.24) is 15.1 Å². The first-order chi connectivity index (χ1) is 12.4. The first kappa shape index (κ1) is 18.4. The molecule has 26 heavy (non-hydrogen) atoms. The van der Waals surface area contributed by atoms with E-state index in [1.807, 2.05) is 13.8 Å². The van der Waals surface area contributed by atoms with Crippen molar-refractivity contribution in [1.29, 1.82) is 0 Å². The first-order valence-corrected chi connectivity index (χ1v) is 9.45. The third kappa shape index (κ3) is 4.24. The number of rotatable bonds is 4. The van der Waals surface area contributed by atoms with Gasteiger partial charge in [-0.15, -0.1) is 10.2 Å². The first-order valence-electron chi connectivity index (χ1n) is 8.63. The topological polar surface area (TPSA) is 75.2 Å². The average molecular weight is 376 g/mol. The third-order valence-electron chi connectivity index (χ3n) is 4.41. The largest absolute Gasteiger partial charge is 0.339 e. The Morgan fingerprint density at radius 1 is 1.19 bits per heavy atom. The van der Waals surface area contributed by atoms with Gasteiger partial charge in [0.2, 0.25) is 11.0 Å². The summed E-state index contributed by atoms with van der Waals surface area (Å²) in [6.45, 7) is 5.06. The van der Waals surface area contributed by atoms with Crippen molar-refractivity contribution < 1.29 is 14.0 Å². The van der Waals surface area contributed by atoms with Crippen molar-refractivity contribution in [3.05, 3.63) is 40.7 Å². The van der Waals surface area contributed by atoms with Gasteiger partial charge >= 0.3 is 0 Å². The molecule has 1 N–H and O–H groups in total. The minimum Gasteiger partial charge on any atom is -0.339 e. The molecule has 0 spiro atoms. The lowest BCUT2D eigenvalue weighted by atomic mass is 9.95. The maximum absolute atomic E-state index is 13.0. The fourth-order valence-corrected chi connectivity index (χ4v) is 3.59. The maximum atomic E-state index is 13.0. The number of piperidine rings is 1. The Balaban J connectivity index is 1.53. The number of nitrogens with zero attached hydrogens (tertiary/aromatic N) is 3. The number of nitrogens with one attached hydrogen (secondary N) is 1. The van der Waals surface area contributed by atoms with Crippen LogP contribution in [0.3, 0.4) is 0 Å². The van der Waals surface area contributed by atoms with Gasteiger partial charge in [-0.3, -0.25) is 9.59 Å². The Morgan fingerprint density at radius 3 is 2.42 bits per heavy atom. The zero-order valence-electron chi connectivity index (χ0n) is 14.7. The van der Waals surface area contributed by atoms with E-state index in [2.05, 4.69) is 15.5 Å².